The number of hydrogen-bond acceptors (Lipinski definition) is 3. The molecule has 0 fully saturated rings. The molecule has 0 saturated heterocycles. The maximum atomic E-state index is 11.0. The van der Waals surface area contributed by atoms with Gasteiger partial charge in [-0.15, -0.1) is 0 Å². The van der Waals surface area contributed by atoms with Crippen LogP contribution in [0.1, 0.15) is 41.2 Å². The van der Waals surface area contributed by atoms with Crippen molar-refractivity contribution in [3.63, 3.8) is 0 Å². The van der Waals surface area contributed by atoms with E-state index >= 15 is 0 Å². The van der Waals surface area contributed by atoms with Gasteiger partial charge in [-0.2, -0.15) is 0 Å². The summed E-state index contributed by atoms with van der Waals surface area (Å²) in [5.74, 6) is -0.474. The summed E-state index contributed by atoms with van der Waals surface area (Å²) in [7, 11) is 0. The average molecular weight is 396 g/mol. The van der Waals surface area contributed by atoms with E-state index in [1.54, 1.807) is 6.08 Å². The molecule has 0 saturated carbocycles. The number of nitrogen functional groups attached to an aromatic ring is 1. The molecule has 4 heteroatoms. The Bertz CT molecular complexity index is 1110. The van der Waals surface area contributed by atoms with Gasteiger partial charge in [0.25, 0.3) is 0 Å². The molecule has 0 aliphatic carbocycles. The van der Waals surface area contributed by atoms with Crippen LogP contribution in [-0.2, 0) is 4.79 Å². The molecule has 0 atom stereocenters. The van der Waals surface area contributed by atoms with Crippen LogP contribution < -0.4 is 11.5 Å². The third-order valence-corrected chi connectivity index (χ3v) is 4.95. The molecule has 0 aromatic heterocycles. The smallest absolute Gasteiger partial charge is 0.241 e. The number of carbonyl (C=O) groups is 1. The molecule has 3 rings (SSSR count). The summed E-state index contributed by atoms with van der Waals surface area (Å²) in [5.41, 5.74) is 18.9. The minimum absolute atomic E-state index is 0.474. The molecule has 150 valence electrons. The molecule has 0 unspecified atom stereocenters. The van der Waals surface area contributed by atoms with Crippen molar-refractivity contribution in [1.29, 1.82) is 5.41 Å². The van der Waals surface area contributed by atoms with Crippen LogP contribution in [0, 0.1) is 5.41 Å². The Labute approximate surface area is 177 Å². The Morgan fingerprint density at radius 3 is 2.20 bits per heavy atom. The lowest BCUT2D eigenvalue weighted by Gasteiger charge is -2.17. The first kappa shape index (κ1) is 20.8. The van der Waals surface area contributed by atoms with Crippen LogP contribution >= 0.6 is 0 Å². The van der Waals surface area contributed by atoms with Crippen LogP contribution in [0.5, 0.6) is 0 Å². The number of rotatable bonds is 7. The SMILES string of the molecule is CC/C(=C(/c1ccc(/C=C/C(N)=O)cc1)c1ccc(N)c(C=N)c1)c1ccccc1. The van der Waals surface area contributed by atoms with Gasteiger partial charge in [0, 0.05) is 23.5 Å². The largest absolute Gasteiger partial charge is 0.398 e. The fourth-order valence-corrected chi connectivity index (χ4v) is 3.47. The number of benzene rings is 3. The van der Waals surface area contributed by atoms with Crippen LogP contribution in [0.4, 0.5) is 5.69 Å². The number of amides is 1. The standard InChI is InChI=1S/C26H25N3O/c1-2-23(19-6-4-3-5-7-19)26(21-13-14-24(28)22(16-21)17-27)20-11-8-18(9-12-20)10-15-25(29)30/h3-17,27H,2,28H2,1H3,(H2,29,30)/b15-10+,26-23+,27-17?. The highest BCUT2D eigenvalue weighted by atomic mass is 16.1. The topological polar surface area (TPSA) is 93.0 Å². The van der Waals surface area contributed by atoms with Crippen LogP contribution in [0.15, 0.2) is 78.9 Å². The molecule has 30 heavy (non-hydrogen) atoms. The van der Waals surface area contributed by atoms with Crippen molar-refractivity contribution in [3.05, 3.63) is 107 Å². The lowest BCUT2D eigenvalue weighted by molar-refractivity contribution is -0.113. The predicted molar refractivity (Wildman–Crippen MR) is 126 cm³/mol. The van der Waals surface area contributed by atoms with E-state index in [1.807, 2.05) is 60.7 Å². The van der Waals surface area contributed by atoms with Crippen molar-refractivity contribution < 1.29 is 4.79 Å². The highest BCUT2D eigenvalue weighted by molar-refractivity contribution is 6.00. The third kappa shape index (κ3) is 4.73. The molecule has 0 radical (unpaired) electrons. The number of nitrogens with one attached hydrogen (secondary N) is 1. The molecule has 5 N–H and O–H groups in total. The molecular weight excluding hydrogens is 370 g/mol. The van der Waals surface area contributed by atoms with E-state index in [9.17, 15) is 4.79 Å². The molecule has 0 spiro atoms. The summed E-state index contributed by atoms with van der Waals surface area (Å²) < 4.78 is 0. The van der Waals surface area contributed by atoms with Crippen LogP contribution in [-0.4, -0.2) is 12.1 Å². The summed E-state index contributed by atoms with van der Waals surface area (Å²) in [5, 5.41) is 7.69. The monoisotopic (exact) mass is 395 g/mol. The predicted octanol–water partition coefficient (Wildman–Crippen LogP) is 5.13. The van der Waals surface area contributed by atoms with Gasteiger partial charge < -0.3 is 16.9 Å². The summed E-state index contributed by atoms with van der Waals surface area (Å²) in [6, 6.07) is 24.1. The average Bonchev–Trinajstić information content (AvgIpc) is 2.77. The third-order valence-electron chi connectivity index (χ3n) is 4.95. The Balaban J connectivity index is 2.21. The molecule has 0 bridgehead atoms. The first-order valence-corrected chi connectivity index (χ1v) is 9.80. The first-order chi connectivity index (χ1) is 14.5. The van der Waals surface area contributed by atoms with Gasteiger partial charge in [0.05, 0.1) is 0 Å². The molecule has 0 aliphatic heterocycles. The van der Waals surface area contributed by atoms with Gasteiger partial charge in [0.15, 0.2) is 0 Å². The molecule has 3 aromatic rings. The van der Waals surface area contributed by atoms with E-state index in [2.05, 4.69) is 19.1 Å². The molecule has 3 aromatic carbocycles. The number of anilines is 1. The van der Waals surface area contributed by atoms with Crippen LogP contribution in [0.3, 0.4) is 0 Å². The summed E-state index contributed by atoms with van der Waals surface area (Å²) >= 11 is 0. The number of allylic oxidation sites excluding steroid dienone is 1. The van der Waals surface area contributed by atoms with E-state index in [0.29, 0.717) is 11.3 Å². The maximum Gasteiger partial charge on any atom is 0.241 e. The minimum atomic E-state index is -0.474. The lowest BCUT2D eigenvalue weighted by Crippen LogP contribution is -2.05. The Hall–Kier alpha value is -3.92. The second kappa shape index (κ2) is 9.52. The number of nitrogens with two attached hydrogens (primary N) is 2. The van der Waals surface area contributed by atoms with Crippen LogP contribution in [0.25, 0.3) is 17.2 Å². The Morgan fingerprint density at radius 2 is 1.60 bits per heavy atom. The van der Waals surface area contributed by atoms with Crippen molar-refractivity contribution in [2.24, 2.45) is 5.73 Å². The highest BCUT2D eigenvalue weighted by Gasteiger charge is 2.14. The normalized spacial score (nSPS) is 11.9. The van der Waals surface area contributed by atoms with E-state index in [0.717, 1.165) is 34.2 Å². The van der Waals surface area contributed by atoms with E-state index in [1.165, 1.54) is 17.9 Å². The molecule has 1 amide bonds. The van der Waals surface area contributed by atoms with E-state index in [-0.39, 0.29) is 0 Å². The van der Waals surface area contributed by atoms with Crippen molar-refractivity contribution in [3.8, 4) is 0 Å². The quantitative estimate of drug-likeness (QED) is 0.224. The summed E-state index contributed by atoms with van der Waals surface area (Å²) in [6.45, 7) is 2.14. The summed E-state index contributed by atoms with van der Waals surface area (Å²) in [6.07, 6.45) is 5.17. The summed E-state index contributed by atoms with van der Waals surface area (Å²) in [4.78, 5) is 11.0. The first-order valence-electron chi connectivity index (χ1n) is 9.80. The van der Waals surface area contributed by atoms with Gasteiger partial charge in [-0.3, -0.25) is 4.79 Å². The zero-order valence-corrected chi connectivity index (χ0v) is 16.9. The lowest BCUT2D eigenvalue weighted by atomic mass is 9.87. The Kier molecular flexibility index (Phi) is 6.60. The van der Waals surface area contributed by atoms with Gasteiger partial charge in [0.1, 0.15) is 0 Å². The second-order valence-corrected chi connectivity index (χ2v) is 6.92. The van der Waals surface area contributed by atoms with E-state index in [4.69, 9.17) is 16.9 Å². The molecule has 0 heterocycles. The van der Waals surface area contributed by atoms with Crippen molar-refractivity contribution >= 4 is 35.0 Å². The number of hydrogen-bond donors (Lipinski definition) is 3. The maximum absolute atomic E-state index is 11.0. The van der Waals surface area contributed by atoms with Crippen LogP contribution in [0.2, 0.25) is 0 Å². The fourth-order valence-electron chi connectivity index (χ4n) is 3.47. The van der Waals surface area contributed by atoms with Gasteiger partial charge >= 0.3 is 0 Å². The number of primary amides is 1. The zero-order valence-electron chi connectivity index (χ0n) is 16.9. The van der Waals surface area contributed by atoms with Gasteiger partial charge in [0.2, 0.25) is 5.91 Å². The zero-order chi connectivity index (χ0) is 21.5. The van der Waals surface area contributed by atoms with Crippen molar-refractivity contribution in [2.45, 2.75) is 13.3 Å². The Morgan fingerprint density at radius 1 is 0.933 bits per heavy atom. The van der Waals surface area contributed by atoms with Crippen molar-refractivity contribution in [1.82, 2.24) is 0 Å². The highest BCUT2D eigenvalue weighted by Crippen LogP contribution is 2.35. The van der Waals surface area contributed by atoms with Crippen molar-refractivity contribution in [2.75, 3.05) is 5.73 Å². The van der Waals surface area contributed by atoms with Gasteiger partial charge in [-0.1, -0.05) is 67.6 Å². The fraction of sp³-hybridized carbons (Fsp3) is 0.0769. The molecule has 4 nitrogen and oxygen atoms in total. The van der Waals surface area contributed by atoms with E-state index < -0.39 is 5.91 Å². The molecular formula is C26H25N3O. The molecule has 0 aliphatic rings. The van der Waals surface area contributed by atoms with Gasteiger partial charge in [-0.25, -0.2) is 0 Å². The number of carbonyl (C=O) groups excluding carboxylic acids is 1. The van der Waals surface area contributed by atoms with Gasteiger partial charge in [-0.05, 0) is 58.0 Å². The minimum Gasteiger partial charge on any atom is -0.398 e. The second-order valence-electron chi connectivity index (χ2n) is 6.92.